The van der Waals surface area contributed by atoms with Gasteiger partial charge in [0.05, 0.1) is 18.6 Å². The molecule has 2 aliphatic rings. The van der Waals surface area contributed by atoms with E-state index in [0.717, 1.165) is 0 Å². The first-order valence-electron chi connectivity index (χ1n) is 6.57. The maximum Gasteiger partial charge on any atom is 0.318 e. The number of rotatable bonds is 3. The summed E-state index contributed by atoms with van der Waals surface area (Å²) in [4.78, 5) is 36.1. The lowest BCUT2D eigenvalue weighted by Gasteiger charge is -2.36. The number of piperazine rings is 1. The minimum Gasteiger partial charge on any atom is -0.481 e. The Hall–Kier alpha value is -1.83. The fourth-order valence-electron chi connectivity index (χ4n) is 2.42. The molecule has 0 saturated carbocycles. The summed E-state index contributed by atoms with van der Waals surface area (Å²) in [5.41, 5.74) is -0.460. The maximum absolute atomic E-state index is 12.3. The molecule has 0 aliphatic carbocycles. The average Bonchev–Trinajstić information content (AvgIpc) is 2.77. The minimum absolute atomic E-state index is 0.298. The fraction of sp³-hybridized carbons (Fsp3) is 0.750. The molecule has 0 radical (unpaired) electrons. The first kappa shape index (κ1) is 14.6. The zero-order valence-corrected chi connectivity index (χ0v) is 11.3. The number of urea groups is 1. The number of hydrogen-bond donors (Lipinski definition) is 3. The molecule has 3 N–H and O–H groups in total. The SMILES string of the molecule is CC1(NC(=O)N2CCNC(=O)C2CC(=O)O)CCOC1. The lowest BCUT2D eigenvalue weighted by atomic mass is 10.0. The second-order valence-corrected chi connectivity index (χ2v) is 5.39. The van der Waals surface area contributed by atoms with Gasteiger partial charge in [0, 0.05) is 19.7 Å². The minimum atomic E-state index is -1.11. The van der Waals surface area contributed by atoms with Gasteiger partial charge < -0.3 is 25.4 Å². The van der Waals surface area contributed by atoms with Gasteiger partial charge in [-0.2, -0.15) is 0 Å². The molecular formula is C12H19N3O5. The molecular weight excluding hydrogens is 266 g/mol. The largest absolute Gasteiger partial charge is 0.481 e. The van der Waals surface area contributed by atoms with E-state index in [2.05, 4.69) is 10.6 Å². The van der Waals surface area contributed by atoms with E-state index < -0.39 is 35.9 Å². The Bertz CT molecular complexity index is 419. The molecule has 2 atom stereocenters. The first-order chi connectivity index (χ1) is 9.41. The monoisotopic (exact) mass is 285 g/mol. The smallest absolute Gasteiger partial charge is 0.318 e. The zero-order chi connectivity index (χ0) is 14.8. The molecule has 8 heteroatoms. The van der Waals surface area contributed by atoms with Crippen molar-refractivity contribution < 1.29 is 24.2 Å². The van der Waals surface area contributed by atoms with Crippen molar-refractivity contribution in [2.45, 2.75) is 31.3 Å². The lowest BCUT2D eigenvalue weighted by Crippen LogP contribution is -2.62. The Kier molecular flexibility index (Phi) is 4.12. The number of nitrogens with zero attached hydrogens (tertiary/aromatic N) is 1. The summed E-state index contributed by atoms with van der Waals surface area (Å²) in [5, 5.41) is 14.3. The normalized spacial score (nSPS) is 29.9. The van der Waals surface area contributed by atoms with E-state index >= 15 is 0 Å². The molecule has 3 amide bonds. The number of carbonyl (C=O) groups is 3. The Morgan fingerprint density at radius 2 is 2.35 bits per heavy atom. The highest BCUT2D eigenvalue weighted by atomic mass is 16.5. The van der Waals surface area contributed by atoms with Gasteiger partial charge in [0.1, 0.15) is 6.04 Å². The molecule has 2 heterocycles. The summed E-state index contributed by atoms with van der Waals surface area (Å²) in [5.74, 6) is -1.54. The number of carboxylic acids is 1. The van der Waals surface area contributed by atoms with Crippen LogP contribution in [-0.4, -0.2) is 65.8 Å². The molecule has 8 nitrogen and oxygen atoms in total. The number of carboxylic acid groups (broad SMARTS) is 1. The summed E-state index contributed by atoms with van der Waals surface area (Å²) in [6, 6.07) is -1.38. The van der Waals surface area contributed by atoms with Crippen LogP contribution in [0.4, 0.5) is 4.79 Å². The van der Waals surface area contributed by atoms with Gasteiger partial charge >= 0.3 is 12.0 Å². The molecule has 0 bridgehead atoms. The van der Waals surface area contributed by atoms with Gasteiger partial charge in [-0.1, -0.05) is 0 Å². The number of ether oxygens (including phenoxy) is 1. The van der Waals surface area contributed by atoms with Gasteiger partial charge in [0.2, 0.25) is 5.91 Å². The molecule has 0 aromatic rings. The summed E-state index contributed by atoms with van der Waals surface area (Å²) < 4.78 is 5.25. The number of amides is 3. The van der Waals surface area contributed by atoms with Crippen LogP contribution in [0.3, 0.4) is 0 Å². The van der Waals surface area contributed by atoms with Crippen LogP contribution >= 0.6 is 0 Å². The summed E-state index contributed by atoms with van der Waals surface area (Å²) in [7, 11) is 0. The highest BCUT2D eigenvalue weighted by Crippen LogP contribution is 2.19. The third-order valence-corrected chi connectivity index (χ3v) is 3.59. The van der Waals surface area contributed by atoms with Crippen molar-refractivity contribution in [1.82, 2.24) is 15.5 Å². The number of hydrogen-bond acceptors (Lipinski definition) is 4. The second-order valence-electron chi connectivity index (χ2n) is 5.39. The Labute approximate surface area is 116 Å². The quantitative estimate of drug-likeness (QED) is 0.626. The Morgan fingerprint density at radius 3 is 2.95 bits per heavy atom. The van der Waals surface area contributed by atoms with Crippen molar-refractivity contribution >= 4 is 17.9 Å². The highest BCUT2D eigenvalue weighted by molar-refractivity contribution is 5.91. The molecule has 0 aromatic carbocycles. The molecule has 112 valence electrons. The number of aliphatic carboxylic acids is 1. The van der Waals surface area contributed by atoms with Crippen LogP contribution in [0, 0.1) is 0 Å². The molecule has 2 fully saturated rings. The van der Waals surface area contributed by atoms with E-state index in [1.165, 1.54) is 4.90 Å². The third-order valence-electron chi connectivity index (χ3n) is 3.59. The fourth-order valence-corrected chi connectivity index (χ4v) is 2.42. The molecule has 0 spiro atoms. The van der Waals surface area contributed by atoms with E-state index in [1.54, 1.807) is 0 Å². The van der Waals surface area contributed by atoms with Crippen molar-refractivity contribution in [2.75, 3.05) is 26.3 Å². The van der Waals surface area contributed by atoms with Crippen LogP contribution in [-0.2, 0) is 14.3 Å². The Balaban J connectivity index is 2.05. The van der Waals surface area contributed by atoms with Crippen LogP contribution in [0.15, 0.2) is 0 Å². The summed E-state index contributed by atoms with van der Waals surface area (Å²) >= 11 is 0. The Morgan fingerprint density at radius 1 is 1.60 bits per heavy atom. The van der Waals surface area contributed by atoms with Crippen molar-refractivity contribution in [2.24, 2.45) is 0 Å². The van der Waals surface area contributed by atoms with Crippen LogP contribution in [0.25, 0.3) is 0 Å². The predicted octanol–water partition coefficient (Wildman–Crippen LogP) is -0.850. The number of nitrogens with one attached hydrogen (secondary N) is 2. The van der Waals surface area contributed by atoms with Crippen molar-refractivity contribution in [3.63, 3.8) is 0 Å². The van der Waals surface area contributed by atoms with Crippen molar-refractivity contribution in [3.05, 3.63) is 0 Å². The van der Waals surface area contributed by atoms with Crippen LogP contribution in [0.1, 0.15) is 19.8 Å². The molecule has 2 rings (SSSR count). The highest BCUT2D eigenvalue weighted by Gasteiger charge is 2.38. The van der Waals surface area contributed by atoms with Gasteiger partial charge in [-0.05, 0) is 13.3 Å². The van der Waals surface area contributed by atoms with Gasteiger partial charge in [0.25, 0.3) is 0 Å². The topological polar surface area (TPSA) is 108 Å². The zero-order valence-electron chi connectivity index (χ0n) is 11.3. The molecule has 20 heavy (non-hydrogen) atoms. The molecule has 0 aromatic heterocycles. The van der Waals surface area contributed by atoms with E-state index in [1.807, 2.05) is 6.92 Å². The van der Waals surface area contributed by atoms with Crippen molar-refractivity contribution in [3.8, 4) is 0 Å². The van der Waals surface area contributed by atoms with Crippen molar-refractivity contribution in [1.29, 1.82) is 0 Å². The lowest BCUT2D eigenvalue weighted by molar-refractivity contribution is -0.142. The summed E-state index contributed by atoms with van der Waals surface area (Å²) in [6.07, 6.45) is 0.300. The number of carbonyl (C=O) groups excluding carboxylic acids is 2. The van der Waals surface area contributed by atoms with E-state index in [9.17, 15) is 14.4 Å². The molecule has 2 aliphatic heterocycles. The average molecular weight is 285 g/mol. The van der Waals surface area contributed by atoms with Gasteiger partial charge in [-0.15, -0.1) is 0 Å². The van der Waals surface area contributed by atoms with E-state index in [-0.39, 0.29) is 0 Å². The molecule has 2 saturated heterocycles. The van der Waals surface area contributed by atoms with Gasteiger partial charge in [-0.3, -0.25) is 9.59 Å². The second kappa shape index (κ2) is 5.66. The first-order valence-corrected chi connectivity index (χ1v) is 6.57. The van der Waals surface area contributed by atoms with Crippen LogP contribution < -0.4 is 10.6 Å². The van der Waals surface area contributed by atoms with Gasteiger partial charge in [-0.25, -0.2) is 4.79 Å². The summed E-state index contributed by atoms with van der Waals surface area (Å²) in [6.45, 7) is 3.49. The maximum atomic E-state index is 12.3. The van der Waals surface area contributed by atoms with Gasteiger partial charge in [0.15, 0.2) is 0 Å². The van der Waals surface area contributed by atoms with E-state index in [4.69, 9.17) is 9.84 Å². The molecule has 2 unspecified atom stereocenters. The predicted molar refractivity (Wildman–Crippen MR) is 68.1 cm³/mol. The van der Waals surface area contributed by atoms with Crippen LogP contribution in [0.5, 0.6) is 0 Å². The standard InChI is InChI=1S/C12H19N3O5/c1-12(2-5-20-7-12)14-11(19)15-4-3-13-10(18)8(15)6-9(16)17/h8H,2-7H2,1H3,(H,13,18)(H,14,19)(H,16,17). The van der Waals surface area contributed by atoms with Crippen LogP contribution in [0.2, 0.25) is 0 Å². The third kappa shape index (κ3) is 3.19. The van der Waals surface area contributed by atoms with E-state index in [0.29, 0.717) is 32.7 Å².